The molecule has 2 aromatic rings. The van der Waals surface area contributed by atoms with E-state index >= 15 is 0 Å². The fourth-order valence-corrected chi connectivity index (χ4v) is 3.16. The van der Waals surface area contributed by atoms with Crippen LogP contribution in [0.5, 0.6) is 0 Å². The Hall–Kier alpha value is -2.69. The Labute approximate surface area is 146 Å². The Balaban J connectivity index is 1.51. The van der Waals surface area contributed by atoms with Crippen molar-refractivity contribution in [2.75, 3.05) is 13.1 Å². The molecule has 0 aromatic heterocycles. The average Bonchev–Trinajstić information content (AvgIpc) is 2.60. The first-order chi connectivity index (χ1) is 12.1. The summed E-state index contributed by atoms with van der Waals surface area (Å²) in [7, 11) is 0. The van der Waals surface area contributed by atoms with Crippen LogP contribution in [0, 0.1) is 5.82 Å². The molecular weight excluding hydrogens is 319 g/mol. The highest BCUT2D eigenvalue weighted by atomic mass is 19.1. The van der Waals surface area contributed by atoms with Gasteiger partial charge in [-0.15, -0.1) is 0 Å². The highest BCUT2D eigenvalue weighted by Crippen LogP contribution is 2.43. The molecule has 0 unspecified atom stereocenters. The Bertz CT molecular complexity index is 740. The zero-order chi connectivity index (χ0) is 17.7. The number of nitrogens with one attached hydrogen (secondary N) is 2. The SMILES string of the molecule is O=C(NCCNC(=O)C1(c2ccc(F)cc2)CCC1)c1ccccc1. The van der Waals surface area contributed by atoms with Crippen molar-refractivity contribution in [1.82, 2.24) is 10.6 Å². The van der Waals surface area contributed by atoms with Gasteiger partial charge in [-0.1, -0.05) is 36.8 Å². The van der Waals surface area contributed by atoms with Gasteiger partial charge in [0.15, 0.2) is 0 Å². The van der Waals surface area contributed by atoms with E-state index in [1.165, 1.54) is 12.1 Å². The molecule has 2 amide bonds. The molecule has 0 atom stereocenters. The lowest BCUT2D eigenvalue weighted by Crippen LogP contribution is -2.50. The van der Waals surface area contributed by atoms with E-state index in [-0.39, 0.29) is 17.6 Å². The Morgan fingerprint density at radius 2 is 1.56 bits per heavy atom. The lowest BCUT2D eigenvalue weighted by Gasteiger charge is -2.40. The van der Waals surface area contributed by atoms with Crippen molar-refractivity contribution in [3.63, 3.8) is 0 Å². The minimum absolute atomic E-state index is 0.0562. The molecule has 130 valence electrons. The Morgan fingerprint density at radius 3 is 2.16 bits per heavy atom. The zero-order valence-electron chi connectivity index (χ0n) is 13.9. The van der Waals surface area contributed by atoms with E-state index in [1.807, 2.05) is 6.07 Å². The first kappa shape index (κ1) is 17.1. The lowest BCUT2D eigenvalue weighted by atomic mass is 9.64. The summed E-state index contributed by atoms with van der Waals surface area (Å²) in [6.45, 7) is 0.722. The zero-order valence-corrected chi connectivity index (χ0v) is 13.9. The predicted octanol–water partition coefficient (Wildman–Crippen LogP) is 2.79. The van der Waals surface area contributed by atoms with Crippen LogP contribution in [-0.2, 0) is 10.2 Å². The molecule has 5 heteroatoms. The molecule has 3 rings (SSSR count). The van der Waals surface area contributed by atoms with Crippen LogP contribution in [0.3, 0.4) is 0 Å². The van der Waals surface area contributed by atoms with Crippen LogP contribution in [0.2, 0.25) is 0 Å². The minimum Gasteiger partial charge on any atom is -0.354 e. The van der Waals surface area contributed by atoms with Gasteiger partial charge in [-0.05, 0) is 42.7 Å². The summed E-state index contributed by atoms with van der Waals surface area (Å²) < 4.78 is 13.1. The monoisotopic (exact) mass is 340 g/mol. The molecule has 0 heterocycles. The second-order valence-electron chi connectivity index (χ2n) is 6.32. The van der Waals surface area contributed by atoms with Crippen molar-refractivity contribution in [2.24, 2.45) is 0 Å². The van der Waals surface area contributed by atoms with Crippen molar-refractivity contribution < 1.29 is 14.0 Å². The van der Waals surface area contributed by atoms with Gasteiger partial charge in [-0.2, -0.15) is 0 Å². The quantitative estimate of drug-likeness (QED) is 0.795. The van der Waals surface area contributed by atoms with Crippen LogP contribution in [0.4, 0.5) is 4.39 Å². The van der Waals surface area contributed by atoms with Crippen molar-refractivity contribution in [3.05, 3.63) is 71.5 Å². The summed E-state index contributed by atoms with van der Waals surface area (Å²) in [5.74, 6) is -0.520. The first-order valence-electron chi connectivity index (χ1n) is 8.49. The van der Waals surface area contributed by atoms with Crippen LogP contribution in [0.1, 0.15) is 35.2 Å². The number of carbonyl (C=O) groups is 2. The highest BCUT2D eigenvalue weighted by molar-refractivity contribution is 5.94. The smallest absolute Gasteiger partial charge is 0.251 e. The van der Waals surface area contributed by atoms with Crippen LogP contribution in [0.25, 0.3) is 0 Å². The maximum absolute atomic E-state index is 13.1. The topological polar surface area (TPSA) is 58.2 Å². The number of benzene rings is 2. The summed E-state index contributed by atoms with van der Waals surface area (Å²) in [4.78, 5) is 24.6. The van der Waals surface area contributed by atoms with Gasteiger partial charge in [0.25, 0.3) is 5.91 Å². The number of halogens is 1. The molecule has 2 aromatic carbocycles. The summed E-state index contributed by atoms with van der Waals surface area (Å²) in [5.41, 5.74) is 0.888. The van der Waals surface area contributed by atoms with E-state index in [4.69, 9.17) is 0 Å². The van der Waals surface area contributed by atoms with Gasteiger partial charge in [-0.3, -0.25) is 9.59 Å². The number of carbonyl (C=O) groups excluding carboxylic acids is 2. The number of amides is 2. The second kappa shape index (κ2) is 7.47. The van der Waals surface area contributed by atoms with Crippen molar-refractivity contribution in [3.8, 4) is 0 Å². The van der Waals surface area contributed by atoms with Crippen LogP contribution in [0.15, 0.2) is 54.6 Å². The predicted molar refractivity (Wildman–Crippen MR) is 93.7 cm³/mol. The van der Waals surface area contributed by atoms with Crippen LogP contribution in [-0.4, -0.2) is 24.9 Å². The number of hydrogen-bond acceptors (Lipinski definition) is 2. The third kappa shape index (κ3) is 3.71. The van der Waals surface area contributed by atoms with Gasteiger partial charge in [0.05, 0.1) is 5.41 Å². The summed E-state index contributed by atoms with van der Waals surface area (Å²) >= 11 is 0. The summed E-state index contributed by atoms with van der Waals surface area (Å²) in [6, 6.07) is 15.1. The molecule has 25 heavy (non-hydrogen) atoms. The van der Waals surface area contributed by atoms with Gasteiger partial charge in [0, 0.05) is 18.7 Å². The molecule has 1 saturated carbocycles. The van der Waals surface area contributed by atoms with Gasteiger partial charge in [-0.25, -0.2) is 4.39 Å². The fourth-order valence-electron chi connectivity index (χ4n) is 3.16. The average molecular weight is 340 g/mol. The van der Waals surface area contributed by atoms with E-state index in [1.54, 1.807) is 36.4 Å². The third-order valence-electron chi connectivity index (χ3n) is 4.77. The van der Waals surface area contributed by atoms with Crippen LogP contribution >= 0.6 is 0 Å². The van der Waals surface area contributed by atoms with E-state index in [0.29, 0.717) is 18.7 Å². The van der Waals surface area contributed by atoms with Crippen molar-refractivity contribution in [2.45, 2.75) is 24.7 Å². The molecule has 2 N–H and O–H groups in total. The van der Waals surface area contributed by atoms with E-state index in [0.717, 1.165) is 24.8 Å². The third-order valence-corrected chi connectivity index (χ3v) is 4.77. The van der Waals surface area contributed by atoms with Crippen molar-refractivity contribution in [1.29, 1.82) is 0 Å². The minimum atomic E-state index is -0.558. The molecule has 1 aliphatic carbocycles. The molecule has 0 bridgehead atoms. The molecule has 1 fully saturated rings. The van der Waals surface area contributed by atoms with Crippen molar-refractivity contribution >= 4 is 11.8 Å². The maximum Gasteiger partial charge on any atom is 0.251 e. The Morgan fingerprint density at radius 1 is 0.920 bits per heavy atom. The normalized spacial score (nSPS) is 15.1. The molecule has 0 aliphatic heterocycles. The van der Waals surface area contributed by atoms with Gasteiger partial charge < -0.3 is 10.6 Å². The highest BCUT2D eigenvalue weighted by Gasteiger charge is 2.45. The lowest BCUT2D eigenvalue weighted by molar-refractivity contribution is -0.129. The number of hydrogen-bond donors (Lipinski definition) is 2. The van der Waals surface area contributed by atoms with E-state index in [2.05, 4.69) is 10.6 Å². The molecule has 4 nitrogen and oxygen atoms in total. The molecule has 0 saturated heterocycles. The summed E-state index contributed by atoms with van der Waals surface area (Å²) in [6.07, 6.45) is 2.51. The standard InChI is InChI=1S/C20H21FN2O2/c21-17-9-7-16(8-10-17)20(11-4-12-20)19(25)23-14-13-22-18(24)15-5-2-1-3-6-15/h1-3,5-10H,4,11-14H2,(H,22,24)(H,23,25). The Kier molecular flexibility index (Phi) is 5.12. The molecule has 1 aliphatic rings. The fraction of sp³-hybridized carbons (Fsp3) is 0.300. The first-order valence-corrected chi connectivity index (χ1v) is 8.49. The number of rotatable bonds is 6. The van der Waals surface area contributed by atoms with Crippen LogP contribution < -0.4 is 10.6 Å². The molecule has 0 radical (unpaired) electrons. The largest absolute Gasteiger partial charge is 0.354 e. The molecule has 0 spiro atoms. The summed E-state index contributed by atoms with van der Waals surface area (Å²) in [5, 5.41) is 5.68. The molecular formula is C20H21FN2O2. The second-order valence-corrected chi connectivity index (χ2v) is 6.32. The maximum atomic E-state index is 13.1. The van der Waals surface area contributed by atoms with Gasteiger partial charge >= 0.3 is 0 Å². The van der Waals surface area contributed by atoms with Gasteiger partial charge in [0.1, 0.15) is 5.82 Å². The van der Waals surface area contributed by atoms with E-state index in [9.17, 15) is 14.0 Å². The van der Waals surface area contributed by atoms with E-state index < -0.39 is 5.41 Å². The van der Waals surface area contributed by atoms with Gasteiger partial charge in [0.2, 0.25) is 5.91 Å².